The molecule has 5 heteroatoms. The first kappa shape index (κ1) is 14.4. The van der Waals surface area contributed by atoms with Gasteiger partial charge in [0.15, 0.2) is 0 Å². The Hall–Kier alpha value is -3.21. The predicted molar refractivity (Wildman–Crippen MR) is 92.1 cm³/mol. The van der Waals surface area contributed by atoms with Gasteiger partial charge in [0.05, 0.1) is 4.92 Å². The molecular weight excluding hydrogens is 304 g/mol. The van der Waals surface area contributed by atoms with Crippen molar-refractivity contribution in [1.82, 2.24) is 0 Å². The number of nitro benzene ring substituents is 1. The highest BCUT2D eigenvalue weighted by molar-refractivity contribution is 6.01. The number of benzene rings is 3. The molecule has 24 heavy (non-hydrogen) atoms. The zero-order chi connectivity index (χ0) is 16.7. The van der Waals surface area contributed by atoms with E-state index in [0.29, 0.717) is 6.42 Å². The molecule has 3 aromatic rings. The van der Waals surface area contributed by atoms with E-state index in [2.05, 4.69) is 5.32 Å². The number of amides is 1. The van der Waals surface area contributed by atoms with Crippen LogP contribution < -0.4 is 5.32 Å². The molecule has 1 N–H and O–H groups in total. The third kappa shape index (κ3) is 2.31. The number of non-ortho nitro benzene ring substituents is 1. The summed E-state index contributed by atoms with van der Waals surface area (Å²) in [5.74, 6) is -0.151. The highest BCUT2D eigenvalue weighted by Crippen LogP contribution is 2.41. The fourth-order valence-electron chi connectivity index (χ4n) is 3.38. The molecular formula is C19H14N2O3. The Balaban J connectivity index is 1.90. The summed E-state index contributed by atoms with van der Waals surface area (Å²) in [7, 11) is 0. The van der Waals surface area contributed by atoms with Crippen molar-refractivity contribution in [3.63, 3.8) is 0 Å². The molecule has 3 aromatic carbocycles. The van der Waals surface area contributed by atoms with E-state index in [1.807, 2.05) is 36.4 Å². The second kappa shape index (κ2) is 5.45. The lowest BCUT2D eigenvalue weighted by Gasteiger charge is -2.27. The summed E-state index contributed by atoms with van der Waals surface area (Å²) in [6.07, 6.45) is 0.332. The summed E-state index contributed by atoms with van der Waals surface area (Å²) >= 11 is 0. The van der Waals surface area contributed by atoms with Crippen LogP contribution in [0.15, 0.2) is 60.7 Å². The number of anilines is 1. The van der Waals surface area contributed by atoms with Gasteiger partial charge in [-0.15, -0.1) is 0 Å². The lowest BCUT2D eigenvalue weighted by atomic mass is 9.82. The molecule has 0 aliphatic carbocycles. The van der Waals surface area contributed by atoms with Crippen molar-refractivity contribution < 1.29 is 9.72 Å². The second-order valence-corrected chi connectivity index (χ2v) is 5.90. The van der Waals surface area contributed by atoms with Gasteiger partial charge in [-0.1, -0.05) is 42.5 Å². The van der Waals surface area contributed by atoms with E-state index < -0.39 is 4.92 Å². The van der Waals surface area contributed by atoms with E-state index in [0.717, 1.165) is 27.6 Å². The molecule has 0 saturated heterocycles. The number of nitrogens with one attached hydrogen (secondary N) is 1. The average molecular weight is 318 g/mol. The molecule has 0 fully saturated rings. The Morgan fingerprint density at radius 2 is 1.75 bits per heavy atom. The summed E-state index contributed by atoms with van der Waals surface area (Å²) in [5.41, 5.74) is 2.85. The smallest absolute Gasteiger partial charge is 0.269 e. The zero-order valence-corrected chi connectivity index (χ0v) is 12.7. The number of carbonyl (C=O) groups is 1. The molecule has 5 nitrogen and oxygen atoms in total. The van der Waals surface area contributed by atoms with E-state index in [1.165, 1.54) is 12.1 Å². The molecule has 0 radical (unpaired) electrons. The highest BCUT2D eigenvalue weighted by atomic mass is 16.6. The van der Waals surface area contributed by atoms with Crippen molar-refractivity contribution in [1.29, 1.82) is 0 Å². The van der Waals surface area contributed by atoms with E-state index in [-0.39, 0.29) is 17.5 Å². The molecule has 0 spiro atoms. The van der Waals surface area contributed by atoms with E-state index in [4.69, 9.17) is 0 Å². The van der Waals surface area contributed by atoms with Crippen LogP contribution in [0, 0.1) is 10.1 Å². The van der Waals surface area contributed by atoms with Crippen LogP contribution in [0.2, 0.25) is 0 Å². The molecule has 1 heterocycles. The average Bonchev–Trinajstić information content (AvgIpc) is 2.60. The SMILES string of the molecule is O=C1C[C@H](c2ccc([N+](=O)[O-])cc2)c2c(ccc3ccccc23)N1. The minimum Gasteiger partial charge on any atom is -0.326 e. The normalized spacial score (nSPS) is 16.5. The fourth-order valence-corrected chi connectivity index (χ4v) is 3.38. The maximum atomic E-state index is 12.1. The standard InChI is InChI=1S/C19H14N2O3/c22-18-11-16(13-5-8-14(9-6-13)21(23)24)19-15-4-2-1-3-12(15)7-10-17(19)20-18/h1-10,16H,11H2,(H,20,22)/t16-/m1/s1. The van der Waals surface area contributed by atoms with Crippen LogP contribution in [0.1, 0.15) is 23.5 Å². The largest absolute Gasteiger partial charge is 0.326 e. The van der Waals surface area contributed by atoms with Crippen LogP contribution in [-0.2, 0) is 4.79 Å². The van der Waals surface area contributed by atoms with Crippen LogP contribution in [0.25, 0.3) is 10.8 Å². The van der Waals surface area contributed by atoms with Gasteiger partial charge >= 0.3 is 0 Å². The molecule has 1 amide bonds. The number of hydrogen-bond donors (Lipinski definition) is 1. The Labute approximate surface area is 138 Å². The molecule has 1 aliphatic heterocycles. The van der Waals surface area contributed by atoms with Gasteiger partial charge in [0.25, 0.3) is 5.69 Å². The Kier molecular flexibility index (Phi) is 3.27. The first-order valence-corrected chi connectivity index (χ1v) is 7.69. The van der Waals surface area contributed by atoms with E-state index in [9.17, 15) is 14.9 Å². The lowest BCUT2D eigenvalue weighted by molar-refractivity contribution is -0.384. The number of rotatable bonds is 2. The monoisotopic (exact) mass is 318 g/mol. The first-order valence-electron chi connectivity index (χ1n) is 7.69. The zero-order valence-electron chi connectivity index (χ0n) is 12.7. The van der Waals surface area contributed by atoms with Crippen molar-refractivity contribution in [2.45, 2.75) is 12.3 Å². The Morgan fingerprint density at radius 3 is 2.50 bits per heavy atom. The van der Waals surface area contributed by atoms with Crippen molar-refractivity contribution in [3.05, 3.63) is 81.9 Å². The number of hydrogen-bond acceptors (Lipinski definition) is 3. The van der Waals surface area contributed by atoms with Crippen LogP contribution >= 0.6 is 0 Å². The molecule has 0 aromatic heterocycles. The number of nitro groups is 1. The number of carbonyl (C=O) groups excluding carboxylic acids is 1. The van der Waals surface area contributed by atoms with E-state index >= 15 is 0 Å². The summed E-state index contributed by atoms with van der Waals surface area (Å²) in [6.45, 7) is 0. The van der Waals surface area contributed by atoms with Gasteiger partial charge < -0.3 is 5.32 Å². The van der Waals surface area contributed by atoms with Crippen molar-refractivity contribution in [2.75, 3.05) is 5.32 Å². The van der Waals surface area contributed by atoms with Gasteiger partial charge in [-0.05, 0) is 28.0 Å². The molecule has 0 bridgehead atoms. The van der Waals surface area contributed by atoms with Gasteiger partial charge in [0.2, 0.25) is 5.91 Å². The maximum absolute atomic E-state index is 12.1. The van der Waals surface area contributed by atoms with Gasteiger partial charge in [-0.3, -0.25) is 14.9 Å². The minimum atomic E-state index is -0.416. The number of nitrogens with zero attached hydrogens (tertiary/aromatic N) is 1. The predicted octanol–water partition coefficient (Wildman–Crippen LogP) is 4.22. The second-order valence-electron chi connectivity index (χ2n) is 5.90. The fraction of sp³-hybridized carbons (Fsp3) is 0.105. The molecule has 4 rings (SSSR count). The third-order valence-electron chi connectivity index (χ3n) is 4.49. The van der Waals surface area contributed by atoms with Crippen LogP contribution in [0.4, 0.5) is 11.4 Å². The Bertz CT molecular complexity index is 964. The summed E-state index contributed by atoms with van der Waals surface area (Å²) in [4.78, 5) is 22.5. The molecule has 0 saturated carbocycles. The van der Waals surface area contributed by atoms with Crippen LogP contribution in [0.3, 0.4) is 0 Å². The van der Waals surface area contributed by atoms with Crippen LogP contribution in [0.5, 0.6) is 0 Å². The van der Waals surface area contributed by atoms with Crippen LogP contribution in [-0.4, -0.2) is 10.8 Å². The summed E-state index contributed by atoms with van der Waals surface area (Å²) < 4.78 is 0. The van der Waals surface area contributed by atoms with Gasteiger partial charge in [-0.25, -0.2) is 0 Å². The minimum absolute atomic E-state index is 0.0406. The van der Waals surface area contributed by atoms with Gasteiger partial charge in [0.1, 0.15) is 0 Å². The lowest BCUT2D eigenvalue weighted by Crippen LogP contribution is -2.23. The first-order chi connectivity index (χ1) is 11.6. The topological polar surface area (TPSA) is 72.2 Å². The van der Waals surface area contributed by atoms with E-state index in [1.54, 1.807) is 12.1 Å². The summed E-state index contributed by atoms with van der Waals surface area (Å²) in [5, 5.41) is 16.0. The third-order valence-corrected chi connectivity index (χ3v) is 4.49. The highest BCUT2D eigenvalue weighted by Gasteiger charge is 2.28. The molecule has 1 aliphatic rings. The molecule has 118 valence electrons. The van der Waals surface area contributed by atoms with Gasteiger partial charge in [-0.2, -0.15) is 0 Å². The Morgan fingerprint density at radius 1 is 1.00 bits per heavy atom. The van der Waals surface area contributed by atoms with Gasteiger partial charge in [0, 0.05) is 30.2 Å². The summed E-state index contributed by atoms with van der Waals surface area (Å²) in [6, 6.07) is 18.4. The number of fused-ring (bicyclic) bond motifs is 3. The molecule has 0 unspecified atom stereocenters. The quantitative estimate of drug-likeness (QED) is 0.568. The van der Waals surface area contributed by atoms with Crippen molar-refractivity contribution >= 4 is 28.1 Å². The van der Waals surface area contributed by atoms with Crippen molar-refractivity contribution in [3.8, 4) is 0 Å². The molecule has 1 atom stereocenters. The maximum Gasteiger partial charge on any atom is 0.269 e. The van der Waals surface area contributed by atoms with Crippen molar-refractivity contribution in [2.24, 2.45) is 0 Å².